The Hall–Kier alpha value is -1.81. The predicted molar refractivity (Wildman–Crippen MR) is 96.3 cm³/mol. The number of methoxy groups -OCH3 is 1. The number of aromatic nitrogens is 1. The van der Waals surface area contributed by atoms with Crippen LogP contribution in [-0.4, -0.2) is 29.6 Å². The molecule has 24 heavy (non-hydrogen) atoms. The Morgan fingerprint density at radius 1 is 1.29 bits per heavy atom. The summed E-state index contributed by atoms with van der Waals surface area (Å²) in [7, 11) is 1.69. The number of benzene rings is 1. The second-order valence-corrected chi connectivity index (χ2v) is 6.73. The summed E-state index contributed by atoms with van der Waals surface area (Å²) in [6.45, 7) is 8.40. The van der Waals surface area contributed by atoms with E-state index in [1.807, 2.05) is 26.0 Å². The van der Waals surface area contributed by atoms with Crippen LogP contribution < -0.4 is 4.74 Å². The van der Waals surface area contributed by atoms with Crippen molar-refractivity contribution in [1.82, 2.24) is 9.88 Å². The third kappa shape index (κ3) is 3.48. The zero-order valence-corrected chi connectivity index (χ0v) is 15.3. The van der Waals surface area contributed by atoms with E-state index in [0.29, 0.717) is 11.9 Å². The van der Waals surface area contributed by atoms with E-state index in [-0.39, 0.29) is 0 Å². The monoisotopic (exact) mass is 328 g/mol. The maximum Gasteiger partial charge on any atom is 0.226 e. The van der Waals surface area contributed by atoms with Crippen molar-refractivity contribution in [3.8, 4) is 17.2 Å². The van der Waals surface area contributed by atoms with Crippen LogP contribution in [-0.2, 0) is 6.54 Å². The van der Waals surface area contributed by atoms with Crippen molar-refractivity contribution in [1.29, 1.82) is 0 Å². The average molecular weight is 328 g/mol. The Kier molecular flexibility index (Phi) is 5.24. The first-order valence-corrected chi connectivity index (χ1v) is 8.97. The lowest BCUT2D eigenvalue weighted by atomic mass is 10.00. The zero-order valence-electron chi connectivity index (χ0n) is 15.3. The van der Waals surface area contributed by atoms with Crippen LogP contribution in [0.4, 0.5) is 0 Å². The molecular weight excluding hydrogens is 300 g/mol. The number of likely N-dealkylation sites (tertiary alicyclic amines) is 1. The molecule has 1 aromatic carbocycles. The minimum atomic E-state index is 0.682. The van der Waals surface area contributed by atoms with Crippen LogP contribution in [0.5, 0.6) is 5.75 Å². The first-order chi connectivity index (χ1) is 11.6. The van der Waals surface area contributed by atoms with E-state index in [1.54, 1.807) is 7.11 Å². The molecule has 0 bridgehead atoms. The summed E-state index contributed by atoms with van der Waals surface area (Å²) in [5.74, 6) is 2.53. The highest BCUT2D eigenvalue weighted by Crippen LogP contribution is 2.28. The summed E-state index contributed by atoms with van der Waals surface area (Å²) in [6, 6.07) is 6.74. The molecule has 0 radical (unpaired) electrons. The van der Waals surface area contributed by atoms with Gasteiger partial charge in [-0.3, -0.25) is 4.90 Å². The first kappa shape index (κ1) is 17.0. The highest BCUT2D eigenvalue weighted by atomic mass is 16.5. The minimum absolute atomic E-state index is 0.682. The third-order valence-electron chi connectivity index (χ3n) is 5.11. The van der Waals surface area contributed by atoms with Gasteiger partial charge in [-0.25, -0.2) is 4.98 Å². The average Bonchev–Trinajstić information content (AvgIpc) is 2.96. The number of piperidine rings is 1. The van der Waals surface area contributed by atoms with Crippen molar-refractivity contribution in [2.24, 2.45) is 0 Å². The van der Waals surface area contributed by atoms with Crippen LogP contribution in [0, 0.1) is 13.8 Å². The number of oxazole rings is 1. The Morgan fingerprint density at radius 3 is 2.83 bits per heavy atom. The molecule has 0 saturated carbocycles. The molecule has 0 amide bonds. The van der Waals surface area contributed by atoms with Crippen LogP contribution in [0.2, 0.25) is 0 Å². The molecule has 4 nitrogen and oxygen atoms in total. The standard InChI is InChI=1S/C20H28N2O2/c1-5-17-8-6-7-11-22(17)13-18-15(3)24-20(21-18)16-9-10-19(23-4)14(2)12-16/h9-10,12,17H,5-8,11,13H2,1-4H3/t17-/m1/s1. The highest BCUT2D eigenvalue weighted by Gasteiger charge is 2.23. The van der Waals surface area contributed by atoms with Gasteiger partial charge in [0.25, 0.3) is 0 Å². The van der Waals surface area contributed by atoms with Gasteiger partial charge in [0, 0.05) is 18.2 Å². The van der Waals surface area contributed by atoms with E-state index in [0.717, 1.165) is 34.9 Å². The molecule has 2 heterocycles. The molecule has 4 heteroatoms. The number of aryl methyl sites for hydroxylation is 2. The molecule has 0 spiro atoms. The SMILES string of the molecule is CC[C@@H]1CCCCN1Cc1nc(-c2ccc(OC)c(C)c2)oc1C. The second kappa shape index (κ2) is 7.39. The molecule has 0 unspecified atom stereocenters. The van der Waals surface area contributed by atoms with Gasteiger partial charge < -0.3 is 9.15 Å². The fraction of sp³-hybridized carbons (Fsp3) is 0.550. The summed E-state index contributed by atoms with van der Waals surface area (Å²) in [6.07, 6.45) is 5.15. The first-order valence-electron chi connectivity index (χ1n) is 8.97. The molecular formula is C20H28N2O2. The lowest BCUT2D eigenvalue weighted by molar-refractivity contribution is 0.134. The molecule has 0 aliphatic carbocycles. The number of ether oxygens (including phenoxy) is 1. The van der Waals surface area contributed by atoms with Crippen molar-refractivity contribution in [3.05, 3.63) is 35.2 Å². The smallest absolute Gasteiger partial charge is 0.226 e. The molecule has 3 rings (SSSR count). The molecule has 1 saturated heterocycles. The summed E-state index contributed by atoms with van der Waals surface area (Å²) < 4.78 is 11.3. The van der Waals surface area contributed by atoms with E-state index in [4.69, 9.17) is 14.1 Å². The minimum Gasteiger partial charge on any atom is -0.496 e. The molecule has 1 aromatic heterocycles. The molecule has 1 fully saturated rings. The molecule has 1 aliphatic heterocycles. The van der Waals surface area contributed by atoms with Gasteiger partial charge in [0.2, 0.25) is 5.89 Å². The van der Waals surface area contributed by atoms with Gasteiger partial charge in [-0.05, 0) is 63.4 Å². The second-order valence-electron chi connectivity index (χ2n) is 6.73. The molecule has 2 aromatic rings. The Labute approximate surface area is 144 Å². The van der Waals surface area contributed by atoms with Gasteiger partial charge in [0.1, 0.15) is 11.5 Å². The Balaban J connectivity index is 1.81. The van der Waals surface area contributed by atoms with Gasteiger partial charge in [0.15, 0.2) is 0 Å². The summed E-state index contributed by atoms with van der Waals surface area (Å²) in [5.41, 5.74) is 3.17. The molecule has 0 N–H and O–H groups in total. The van der Waals surface area contributed by atoms with Crippen molar-refractivity contribution in [2.75, 3.05) is 13.7 Å². The van der Waals surface area contributed by atoms with Crippen LogP contribution in [0.3, 0.4) is 0 Å². The number of hydrogen-bond donors (Lipinski definition) is 0. The van der Waals surface area contributed by atoms with Crippen molar-refractivity contribution >= 4 is 0 Å². The summed E-state index contributed by atoms with van der Waals surface area (Å²) in [5, 5.41) is 0. The summed E-state index contributed by atoms with van der Waals surface area (Å²) >= 11 is 0. The van der Waals surface area contributed by atoms with Crippen molar-refractivity contribution < 1.29 is 9.15 Å². The van der Waals surface area contributed by atoms with Crippen LogP contribution >= 0.6 is 0 Å². The van der Waals surface area contributed by atoms with Crippen LogP contribution in [0.25, 0.3) is 11.5 Å². The highest BCUT2D eigenvalue weighted by molar-refractivity contribution is 5.57. The Morgan fingerprint density at radius 2 is 2.12 bits per heavy atom. The fourth-order valence-corrected chi connectivity index (χ4v) is 3.63. The predicted octanol–water partition coefficient (Wildman–Crippen LogP) is 4.73. The van der Waals surface area contributed by atoms with Gasteiger partial charge >= 0.3 is 0 Å². The van der Waals surface area contributed by atoms with Crippen LogP contribution in [0.15, 0.2) is 22.6 Å². The number of hydrogen-bond acceptors (Lipinski definition) is 4. The van der Waals surface area contributed by atoms with Crippen LogP contribution in [0.1, 0.15) is 49.6 Å². The van der Waals surface area contributed by atoms with Gasteiger partial charge in [-0.15, -0.1) is 0 Å². The zero-order chi connectivity index (χ0) is 17.1. The molecule has 130 valence electrons. The number of rotatable bonds is 5. The van der Waals surface area contributed by atoms with Gasteiger partial charge in [-0.2, -0.15) is 0 Å². The largest absolute Gasteiger partial charge is 0.496 e. The summed E-state index contributed by atoms with van der Waals surface area (Å²) in [4.78, 5) is 7.36. The lowest BCUT2D eigenvalue weighted by Gasteiger charge is -2.34. The topological polar surface area (TPSA) is 38.5 Å². The normalized spacial score (nSPS) is 18.8. The van der Waals surface area contributed by atoms with E-state index in [9.17, 15) is 0 Å². The van der Waals surface area contributed by atoms with Gasteiger partial charge in [-0.1, -0.05) is 13.3 Å². The quantitative estimate of drug-likeness (QED) is 0.795. The third-order valence-corrected chi connectivity index (χ3v) is 5.11. The maximum absolute atomic E-state index is 5.96. The van der Waals surface area contributed by atoms with Crippen molar-refractivity contribution in [2.45, 2.75) is 59.0 Å². The van der Waals surface area contributed by atoms with Gasteiger partial charge in [0.05, 0.1) is 12.8 Å². The fourth-order valence-electron chi connectivity index (χ4n) is 3.63. The lowest BCUT2D eigenvalue weighted by Crippen LogP contribution is -2.38. The Bertz CT molecular complexity index is 693. The molecule has 1 atom stereocenters. The number of nitrogens with zero attached hydrogens (tertiary/aromatic N) is 2. The maximum atomic E-state index is 5.96. The van der Waals surface area contributed by atoms with E-state index in [2.05, 4.69) is 17.9 Å². The molecule has 1 aliphatic rings. The van der Waals surface area contributed by atoms with E-state index in [1.165, 1.54) is 32.2 Å². The van der Waals surface area contributed by atoms with Crippen molar-refractivity contribution in [3.63, 3.8) is 0 Å². The van der Waals surface area contributed by atoms with E-state index >= 15 is 0 Å². The van der Waals surface area contributed by atoms with E-state index < -0.39 is 0 Å².